The monoisotopic (exact) mass is 432 g/mol. The van der Waals surface area contributed by atoms with Crippen molar-refractivity contribution in [2.75, 3.05) is 24.8 Å². The van der Waals surface area contributed by atoms with Gasteiger partial charge in [-0.3, -0.25) is 4.79 Å². The third-order valence-electron chi connectivity index (χ3n) is 4.15. The third-order valence-corrected chi connectivity index (χ3v) is 4.40. The van der Waals surface area contributed by atoms with Crippen LogP contribution >= 0.6 is 11.6 Å². The SMILES string of the molecule is CN(CCC(Oc1ccccc1NC(=O)CCl)c1ccccc1)C(=O)OC(C)(C)C. The van der Waals surface area contributed by atoms with E-state index in [9.17, 15) is 9.59 Å². The van der Waals surface area contributed by atoms with E-state index in [1.165, 1.54) is 4.90 Å². The maximum Gasteiger partial charge on any atom is 0.410 e. The van der Waals surface area contributed by atoms with Gasteiger partial charge in [-0.05, 0) is 38.5 Å². The highest BCUT2D eigenvalue weighted by molar-refractivity contribution is 6.29. The van der Waals surface area contributed by atoms with Gasteiger partial charge in [0.15, 0.2) is 0 Å². The Labute approximate surface area is 183 Å². The fourth-order valence-corrected chi connectivity index (χ4v) is 2.78. The maximum atomic E-state index is 12.3. The van der Waals surface area contributed by atoms with Crippen LogP contribution in [-0.4, -0.2) is 42.0 Å². The number of alkyl halides is 1. The molecule has 1 unspecified atom stereocenters. The molecule has 0 aliphatic rings. The maximum absolute atomic E-state index is 12.3. The molecule has 0 aromatic heterocycles. The van der Waals surface area contributed by atoms with Gasteiger partial charge in [-0.1, -0.05) is 42.5 Å². The average molecular weight is 433 g/mol. The molecule has 1 atom stereocenters. The number of anilines is 1. The largest absolute Gasteiger partial charge is 0.483 e. The number of carbonyl (C=O) groups excluding carboxylic acids is 2. The van der Waals surface area contributed by atoms with Crippen molar-refractivity contribution < 1.29 is 19.1 Å². The minimum absolute atomic E-state index is 0.142. The zero-order valence-electron chi connectivity index (χ0n) is 17.9. The molecular formula is C23H29ClN2O4. The van der Waals surface area contributed by atoms with Gasteiger partial charge in [-0.25, -0.2) is 4.79 Å². The molecular weight excluding hydrogens is 404 g/mol. The predicted molar refractivity (Wildman–Crippen MR) is 119 cm³/mol. The van der Waals surface area contributed by atoms with Gasteiger partial charge in [0.25, 0.3) is 0 Å². The summed E-state index contributed by atoms with van der Waals surface area (Å²) in [6.45, 7) is 5.94. The van der Waals surface area contributed by atoms with Gasteiger partial charge >= 0.3 is 6.09 Å². The number of benzene rings is 2. The van der Waals surface area contributed by atoms with E-state index in [2.05, 4.69) is 5.32 Å². The van der Waals surface area contributed by atoms with E-state index < -0.39 is 5.60 Å². The van der Waals surface area contributed by atoms with Crippen molar-refractivity contribution in [3.63, 3.8) is 0 Å². The van der Waals surface area contributed by atoms with E-state index >= 15 is 0 Å². The number of hydrogen-bond acceptors (Lipinski definition) is 4. The second-order valence-corrected chi connectivity index (χ2v) is 8.15. The number of rotatable bonds is 8. The lowest BCUT2D eigenvalue weighted by Gasteiger charge is -2.27. The number of amides is 2. The number of ether oxygens (including phenoxy) is 2. The number of carbonyl (C=O) groups is 2. The topological polar surface area (TPSA) is 67.9 Å². The molecule has 0 fully saturated rings. The Morgan fingerprint density at radius 3 is 2.33 bits per heavy atom. The molecule has 6 nitrogen and oxygen atoms in total. The van der Waals surface area contributed by atoms with Gasteiger partial charge in [0.05, 0.1) is 5.69 Å². The summed E-state index contributed by atoms with van der Waals surface area (Å²) in [6, 6.07) is 16.9. The lowest BCUT2D eigenvalue weighted by atomic mass is 10.1. The van der Waals surface area contributed by atoms with Crippen molar-refractivity contribution in [2.45, 2.75) is 38.9 Å². The highest BCUT2D eigenvalue weighted by Gasteiger charge is 2.22. The molecule has 0 heterocycles. The van der Waals surface area contributed by atoms with Gasteiger partial charge in [0.1, 0.15) is 23.3 Å². The normalized spacial score (nSPS) is 12.0. The summed E-state index contributed by atoms with van der Waals surface area (Å²) >= 11 is 5.61. The van der Waals surface area contributed by atoms with Crippen LogP contribution in [0.3, 0.4) is 0 Å². The van der Waals surface area contributed by atoms with Crippen LogP contribution < -0.4 is 10.1 Å². The van der Waals surface area contributed by atoms with Crippen LogP contribution in [-0.2, 0) is 9.53 Å². The quantitative estimate of drug-likeness (QED) is 0.579. The first-order valence-electron chi connectivity index (χ1n) is 9.80. The van der Waals surface area contributed by atoms with Crippen LogP contribution in [0.2, 0.25) is 0 Å². The lowest BCUT2D eigenvalue weighted by Crippen LogP contribution is -2.35. The number of halogens is 1. The second kappa shape index (κ2) is 10.9. The Kier molecular flexibility index (Phi) is 8.54. The zero-order chi connectivity index (χ0) is 22.1. The van der Waals surface area contributed by atoms with Gasteiger partial charge in [0.2, 0.25) is 5.91 Å². The van der Waals surface area contributed by atoms with Crippen molar-refractivity contribution in [3.05, 3.63) is 60.2 Å². The molecule has 2 aromatic carbocycles. The van der Waals surface area contributed by atoms with E-state index in [4.69, 9.17) is 21.1 Å². The molecule has 0 spiro atoms. The Morgan fingerprint density at radius 1 is 1.07 bits per heavy atom. The van der Waals surface area contributed by atoms with Crippen molar-refractivity contribution in [1.82, 2.24) is 4.90 Å². The molecule has 162 valence electrons. The summed E-state index contributed by atoms with van der Waals surface area (Å²) in [6.07, 6.45) is -0.174. The molecule has 2 aromatic rings. The summed E-state index contributed by atoms with van der Waals surface area (Å²) in [5.74, 6) is 0.0790. The Morgan fingerprint density at radius 2 is 1.70 bits per heavy atom. The predicted octanol–water partition coefficient (Wildman–Crippen LogP) is 5.24. The number of hydrogen-bond donors (Lipinski definition) is 1. The lowest BCUT2D eigenvalue weighted by molar-refractivity contribution is -0.113. The summed E-state index contributed by atoms with van der Waals surface area (Å²) in [7, 11) is 1.70. The van der Waals surface area contributed by atoms with Crippen LogP contribution in [0.15, 0.2) is 54.6 Å². The molecule has 2 rings (SSSR count). The van der Waals surface area contributed by atoms with Gasteiger partial charge in [-0.2, -0.15) is 0 Å². The Hall–Kier alpha value is -2.73. The van der Waals surface area contributed by atoms with Gasteiger partial charge in [-0.15, -0.1) is 11.6 Å². The second-order valence-electron chi connectivity index (χ2n) is 7.89. The summed E-state index contributed by atoms with van der Waals surface area (Å²) < 4.78 is 11.7. The third kappa shape index (κ3) is 7.59. The number of para-hydroxylation sites is 2. The van der Waals surface area contributed by atoms with E-state index in [-0.39, 0.29) is 24.0 Å². The van der Waals surface area contributed by atoms with Crippen molar-refractivity contribution >= 4 is 29.3 Å². The van der Waals surface area contributed by atoms with Crippen LogP contribution in [0.5, 0.6) is 5.75 Å². The first kappa shape index (κ1) is 23.5. The van der Waals surface area contributed by atoms with Crippen molar-refractivity contribution in [2.24, 2.45) is 0 Å². The summed E-state index contributed by atoms with van der Waals surface area (Å²) in [5, 5.41) is 2.75. The minimum atomic E-state index is -0.555. The zero-order valence-corrected chi connectivity index (χ0v) is 18.6. The van der Waals surface area contributed by atoms with E-state index in [0.717, 1.165) is 5.56 Å². The first-order valence-corrected chi connectivity index (χ1v) is 10.3. The Bertz CT molecular complexity index is 837. The summed E-state index contributed by atoms with van der Waals surface area (Å²) in [5.41, 5.74) is 0.957. The molecule has 0 aliphatic carbocycles. The van der Waals surface area contributed by atoms with Crippen LogP contribution in [0.4, 0.5) is 10.5 Å². The smallest absolute Gasteiger partial charge is 0.410 e. The number of nitrogens with zero attached hydrogens (tertiary/aromatic N) is 1. The van der Waals surface area contributed by atoms with Crippen molar-refractivity contribution in [1.29, 1.82) is 0 Å². The molecule has 0 bridgehead atoms. The van der Waals surface area contributed by atoms with Crippen LogP contribution in [0.1, 0.15) is 38.9 Å². The molecule has 30 heavy (non-hydrogen) atoms. The molecule has 0 saturated carbocycles. The van der Waals surface area contributed by atoms with Crippen LogP contribution in [0, 0.1) is 0 Å². The van der Waals surface area contributed by atoms with Crippen molar-refractivity contribution in [3.8, 4) is 5.75 Å². The van der Waals surface area contributed by atoms with E-state index in [1.54, 1.807) is 19.2 Å². The number of nitrogens with one attached hydrogen (secondary N) is 1. The molecule has 7 heteroatoms. The molecule has 1 N–H and O–H groups in total. The Balaban J connectivity index is 2.16. The van der Waals surface area contributed by atoms with Gasteiger partial charge < -0.3 is 19.7 Å². The average Bonchev–Trinajstić information content (AvgIpc) is 2.71. The first-order chi connectivity index (χ1) is 14.2. The molecule has 2 amide bonds. The van der Waals surface area contributed by atoms with Gasteiger partial charge in [0, 0.05) is 20.0 Å². The highest BCUT2D eigenvalue weighted by Crippen LogP contribution is 2.31. The fourth-order valence-electron chi connectivity index (χ4n) is 2.71. The molecule has 0 radical (unpaired) electrons. The summed E-state index contributed by atoms with van der Waals surface area (Å²) in [4.78, 5) is 25.5. The standard InChI is InChI=1S/C23H29ClN2O4/c1-23(2,3)30-22(28)26(4)15-14-19(17-10-6-5-7-11-17)29-20-13-9-8-12-18(20)25-21(27)16-24/h5-13,19H,14-16H2,1-4H3,(H,25,27). The fraction of sp³-hybridized carbons (Fsp3) is 0.391. The molecule has 0 aliphatic heterocycles. The highest BCUT2D eigenvalue weighted by atomic mass is 35.5. The van der Waals surface area contributed by atoms with E-state index in [1.807, 2.05) is 63.2 Å². The minimum Gasteiger partial charge on any atom is -0.483 e. The molecule has 0 saturated heterocycles. The van der Waals surface area contributed by atoms with Crippen LogP contribution in [0.25, 0.3) is 0 Å². The van der Waals surface area contributed by atoms with E-state index in [0.29, 0.717) is 24.4 Å².